The fourth-order valence-corrected chi connectivity index (χ4v) is 3.52. The van der Waals surface area contributed by atoms with E-state index < -0.39 is 6.10 Å². The zero-order valence-electron chi connectivity index (χ0n) is 8.53. The first-order chi connectivity index (χ1) is 7.50. The van der Waals surface area contributed by atoms with E-state index in [0.29, 0.717) is 5.92 Å². The van der Waals surface area contributed by atoms with E-state index in [-0.39, 0.29) is 11.8 Å². The Labute approximate surface area is 122 Å². The number of aliphatic hydroxyl groups is 1. The van der Waals surface area contributed by atoms with Crippen LogP contribution in [0.1, 0.15) is 24.4 Å². The predicted molar refractivity (Wildman–Crippen MR) is 79.2 cm³/mol. The minimum absolute atomic E-state index is 0.290. The maximum absolute atomic E-state index is 9.97. The Morgan fingerprint density at radius 3 is 2.19 bits per heavy atom. The van der Waals surface area contributed by atoms with Crippen molar-refractivity contribution in [2.24, 2.45) is 11.7 Å². The first kappa shape index (κ1) is 12.8. The average molecular weight is 445 g/mol. The summed E-state index contributed by atoms with van der Waals surface area (Å²) in [6, 6.07) is 3.33. The van der Waals surface area contributed by atoms with E-state index in [2.05, 4.69) is 45.2 Å². The SMILES string of the molecule is N[C@H](c1cc(I)c(O)c(I)c1)[C@@H](O)C1CC1. The second-order valence-corrected chi connectivity index (χ2v) is 6.51. The van der Waals surface area contributed by atoms with Gasteiger partial charge in [-0.1, -0.05) is 0 Å². The van der Waals surface area contributed by atoms with Crippen molar-refractivity contribution in [3.63, 3.8) is 0 Å². The molecule has 1 aromatic rings. The van der Waals surface area contributed by atoms with E-state index in [9.17, 15) is 10.2 Å². The molecule has 1 saturated carbocycles. The molecule has 1 aliphatic carbocycles. The van der Waals surface area contributed by atoms with Crippen molar-refractivity contribution >= 4 is 45.2 Å². The quantitative estimate of drug-likeness (QED) is 0.627. The van der Waals surface area contributed by atoms with Crippen molar-refractivity contribution in [2.75, 3.05) is 0 Å². The summed E-state index contributed by atoms with van der Waals surface area (Å²) < 4.78 is 1.55. The molecule has 0 amide bonds. The Balaban J connectivity index is 2.25. The molecule has 0 saturated heterocycles. The largest absolute Gasteiger partial charge is 0.506 e. The lowest BCUT2D eigenvalue weighted by Gasteiger charge is -2.19. The van der Waals surface area contributed by atoms with E-state index in [1.165, 1.54) is 0 Å². The van der Waals surface area contributed by atoms with E-state index >= 15 is 0 Å². The third-order valence-electron chi connectivity index (χ3n) is 2.90. The lowest BCUT2D eigenvalue weighted by molar-refractivity contribution is 0.122. The van der Waals surface area contributed by atoms with Gasteiger partial charge in [0.15, 0.2) is 0 Å². The summed E-state index contributed by atoms with van der Waals surface area (Å²) in [5, 5.41) is 19.6. The van der Waals surface area contributed by atoms with Gasteiger partial charge in [0.05, 0.1) is 19.3 Å². The molecular weight excluding hydrogens is 432 g/mol. The summed E-state index contributed by atoms with van der Waals surface area (Å²) in [7, 11) is 0. The number of rotatable bonds is 3. The van der Waals surface area contributed by atoms with Gasteiger partial charge < -0.3 is 15.9 Å². The molecule has 1 aliphatic rings. The van der Waals surface area contributed by atoms with E-state index in [4.69, 9.17) is 5.73 Å². The molecule has 2 rings (SSSR count). The molecule has 0 heterocycles. The Morgan fingerprint density at radius 2 is 1.75 bits per heavy atom. The summed E-state index contributed by atoms with van der Waals surface area (Å²) in [6.07, 6.45) is 1.68. The number of aliphatic hydroxyl groups excluding tert-OH is 1. The van der Waals surface area contributed by atoms with Crippen LogP contribution in [0.2, 0.25) is 0 Å². The molecule has 2 atom stereocenters. The highest BCUT2D eigenvalue weighted by molar-refractivity contribution is 14.1. The Kier molecular flexibility index (Phi) is 3.97. The molecule has 3 nitrogen and oxygen atoms in total. The van der Waals surface area contributed by atoms with Gasteiger partial charge in [-0.3, -0.25) is 0 Å². The van der Waals surface area contributed by atoms with Crippen LogP contribution in [0.3, 0.4) is 0 Å². The molecular formula is C11H13I2NO2. The highest BCUT2D eigenvalue weighted by Crippen LogP contribution is 2.38. The van der Waals surface area contributed by atoms with Gasteiger partial charge in [0.25, 0.3) is 0 Å². The van der Waals surface area contributed by atoms with Crippen LogP contribution >= 0.6 is 45.2 Å². The van der Waals surface area contributed by atoms with Crippen molar-refractivity contribution < 1.29 is 10.2 Å². The zero-order valence-corrected chi connectivity index (χ0v) is 12.8. The fourth-order valence-electron chi connectivity index (χ4n) is 1.71. The summed E-state index contributed by atoms with van der Waals surface area (Å²) >= 11 is 4.15. The van der Waals surface area contributed by atoms with Crippen LogP contribution in [0.4, 0.5) is 0 Å². The predicted octanol–water partition coefficient (Wildman–Crippen LogP) is 2.37. The summed E-state index contributed by atoms with van der Waals surface area (Å²) in [5.41, 5.74) is 6.92. The maximum atomic E-state index is 9.97. The molecule has 0 bridgehead atoms. The second kappa shape index (κ2) is 4.95. The topological polar surface area (TPSA) is 66.5 Å². The van der Waals surface area contributed by atoms with Gasteiger partial charge in [-0.05, 0) is 81.6 Å². The third-order valence-corrected chi connectivity index (χ3v) is 4.54. The highest BCUT2D eigenvalue weighted by atomic mass is 127. The summed E-state index contributed by atoms with van der Waals surface area (Å²) in [5.74, 6) is 0.650. The van der Waals surface area contributed by atoms with Gasteiger partial charge in [0.1, 0.15) is 5.75 Å². The molecule has 88 valence electrons. The normalized spacial score (nSPS) is 19.5. The van der Waals surface area contributed by atoms with Crippen molar-refractivity contribution in [3.8, 4) is 5.75 Å². The molecule has 16 heavy (non-hydrogen) atoms. The van der Waals surface area contributed by atoms with Crippen LogP contribution in [0, 0.1) is 13.1 Å². The van der Waals surface area contributed by atoms with Gasteiger partial charge >= 0.3 is 0 Å². The maximum Gasteiger partial charge on any atom is 0.142 e. The number of nitrogens with two attached hydrogens (primary N) is 1. The lowest BCUT2D eigenvalue weighted by atomic mass is 9.99. The molecule has 0 radical (unpaired) electrons. The van der Waals surface area contributed by atoms with Gasteiger partial charge in [0.2, 0.25) is 0 Å². The van der Waals surface area contributed by atoms with Crippen molar-refractivity contribution in [1.29, 1.82) is 0 Å². The highest BCUT2D eigenvalue weighted by Gasteiger charge is 2.34. The van der Waals surface area contributed by atoms with Gasteiger partial charge in [-0.25, -0.2) is 0 Å². The van der Waals surface area contributed by atoms with Crippen molar-refractivity contribution in [1.82, 2.24) is 0 Å². The minimum Gasteiger partial charge on any atom is -0.506 e. The second-order valence-electron chi connectivity index (χ2n) is 4.19. The van der Waals surface area contributed by atoms with Crippen LogP contribution in [-0.4, -0.2) is 16.3 Å². The molecule has 1 aromatic carbocycles. The third kappa shape index (κ3) is 2.62. The number of phenols is 1. The van der Waals surface area contributed by atoms with Crippen LogP contribution < -0.4 is 5.73 Å². The summed E-state index contributed by atoms with van der Waals surface area (Å²) in [4.78, 5) is 0. The first-order valence-electron chi connectivity index (χ1n) is 5.12. The van der Waals surface area contributed by atoms with E-state index in [1.807, 2.05) is 12.1 Å². The molecule has 4 N–H and O–H groups in total. The average Bonchev–Trinajstić information content (AvgIpc) is 3.06. The van der Waals surface area contributed by atoms with Gasteiger partial charge in [-0.15, -0.1) is 0 Å². The summed E-state index contributed by atoms with van der Waals surface area (Å²) in [6.45, 7) is 0. The first-order valence-corrected chi connectivity index (χ1v) is 7.28. The molecule has 0 unspecified atom stereocenters. The lowest BCUT2D eigenvalue weighted by Crippen LogP contribution is -2.28. The Morgan fingerprint density at radius 1 is 1.25 bits per heavy atom. The van der Waals surface area contributed by atoms with Gasteiger partial charge in [-0.2, -0.15) is 0 Å². The van der Waals surface area contributed by atoms with Crippen molar-refractivity contribution in [2.45, 2.75) is 25.0 Å². The zero-order chi connectivity index (χ0) is 11.9. The van der Waals surface area contributed by atoms with E-state index in [1.54, 1.807) is 0 Å². The smallest absolute Gasteiger partial charge is 0.142 e. The van der Waals surface area contributed by atoms with E-state index in [0.717, 1.165) is 25.5 Å². The van der Waals surface area contributed by atoms with Crippen molar-refractivity contribution in [3.05, 3.63) is 24.8 Å². The molecule has 5 heteroatoms. The van der Waals surface area contributed by atoms with Crippen LogP contribution in [0.5, 0.6) is 5.75 Å². The van der Waals surface area contributed by atoms with Crippen LogP contribution in [0.25, 0.3) is 0 Å². The fraction of sp³-hybridized carbons (Fsp3) is 0.455. The number of phenolic OH excluding ortho intramolecular Hbond substituents is 1. The Bertz CT molecular complexity index is 384. The van der Waals surface area contributed by atoms with Crippen LogP contribution in [-0.2, 0) is 0 Å². The number of benzene rings is 1. The molecule has 0 aromatic heterocycles. The molecule has 1 fully saturated rings. The molecule has 0 aliphatic heterocycles. The monoisotopic (exact) mass is 445 g/mol. The van der Waals surface area contributed by atoms with Crippen LogP contribution in [0.15, 0.2) is 12.1 Å². The number of halogens is 2. The standard InChI is InChI=1S/C11H13I2NO2/c12-7-3-6(4-8(13)11(7)16)9(14)10(15)5-1-2-5/h3-5,9-10,15-16H,1-2,14H2/t9-,10+/m1/s1. The number of hydrogen-bond acceptors (Lipinski definition) is 3. The number of aromatic hydroxyl groups is 1. The Hall–Kier alpha value is 0.400. The minimum atomic E-state index is -0.462. The molecule has 0 spiro atoms. The number of hydrogen-bond donors (Lipinski definition) is 3. The van der Waals surface area contributed by atoms with Gasteiger partial charge in [0, 0.05) is 0 Å².